The van der Waals surface area contributed by atoms with Gasteiger partial charge in [-0.25, -0.2) is 0 Å². The van der Waals surface area contributed by atoms with Crippen molar-refractivity contribution in [3.63, 3.8) is 0 Å². The van der Waals surface area contributed by atoms with E-state index in [1.165, 1.54) is 6.39 Å². The van der Waals surface area contributed by atoms with Crippen LogP contribution in [0.25, 0.3) is 0 Å². The number of hydrogen-bond acceptors (Lipinski definition) is 6. The Labute approximate surface area is 86.6 Å². The van der Waals surface area contributed by atoms with Crippen LogP contribution >= 0.6 is 0 Å². The quantitative estimate of drug-likeness (QED) is 0.632. The first-order valence-electron chi connectivity index (χ1n) is 4.69. The van der Waals surface area contributed by atoms with Gasteiger partial charge in [0, 0.05) is 19.6 Å². The monoisotopic (exact) mass is 211 g/mol. The van der Waals surface area contributed by atoms with Crippen LogP contribution in [0.3, 0.4) is 0 Å². The maximum atomic E-state index is 11.4. The van der Waals surface area contributed by atoms with E-state index in [2.05, 4.69) is 20.0 Å². The molecule has 1 fully saturated rings. The minimum atomic E-state index is -0.803. The van der Waals surface area contributed by atoms with Crippen LogP contribution in [0.15, 0.2) is 10.9 Å². The zero-order valence-corrected chi connectivity index (χ0v) is 8.43. The van der Waals surface area contributed by atoms with Gasteiger partial charge in [-0.15, -0.1) is 0 Å². The first kappa shape index (κ1) is 9.91. The van der Waals surface area contributed by atoms with Crippen molar-refractivity contribution >= 4 is 11.9 Å². The highest BCUT2D eigenvalue weighted by molar-refractivity contribution is 5.88. The van der Waals surface area contributed by atoms with Gasteiger partial charge < -0.3 is 20.5 Å². The molecule has 1 aliphatic heterocycles. The summed E-state index contributed by atoms with van der Waals surface area (Å²) in [6.07, 6.45) is 1.23. The summed E-state index contributed by atoms with van der Waals surface area (Å²) >= 11 is 0. The average molecular weight is 211 g/mol. The van der Waals surface area contributed by atoms with E-state index in [1.807, 2.05) is 0 Å². The molecule has 1 saturated heterocycles. The van der Waals surface area contributed by atoms with Crippen molar-refractivity contribution in [2.45, 2.75) is 12.5 Å². The summed E-state index contributed by atoms with van der Waals surface area (Å²) in [5, 5.41) is 6.84. The zero-order chi connectivity index (χ0) is 10.9. The number of primary amides is 1. The smallest absolute Gasteiger partial charge is 0.266 e. The van der Waals surface area contributed by atoms with E-state index in [4.69, 9.17) is 5.73 Å². The summed E-state index contributed by atoms with van der Waals surface area (Å²) in [7, 11) is 0. The maximum absolute atomic E-state index is 11.4. The molecule has 2 rings (SSSR count). The number of aromatic nitrogens is 2. The summed E-state index contributed by atoms with van der Waals surface area (Å²) in [5.74, 6) is -0.00250. The van der Waals surface area contributed by atoms with Crippen molar-refractivity contribution in [2.24, 2.45) is 5.73 Å². The van der Waals surface area contributed by atoms with Gasteiger partial charge in [0.2, 0.25) is 12.3 Å². The number of piperazine rings is 1. The Hall–Kier alpha value is -1.63. The third kappa shape index (κ3) is 1.54. The maximum Gasteiger partial charge on any atom is 0.266 e. The van der Waals surface area contributed by atoms with Crippen LogP contribution in [0.2, 0.25) is 0 Å². The highest BCUT2D eigenvalue weighted by Gasteiger charge is 2.41. The number of hydrogen-bond donors (Lipinski definition) is 2. The number of nitrogens with one attached hydrogen (secondary N) is 1. The first-order chi connectivity index (χ1) is 7.14. The summed E-state index contributed by atoms with van der Waals surface area (Å²) in [6, 6.07) is 0. The molecule has 0 radical (unpaired) electrons. The fourth-order valence-corrected chi connectivity index (χ4v) is 1.69. The number of carbonyl (C=O) groups is 1. The number of nitrogens with zero attached hydrogens (tertiary/aromatic N) is 3. The molecule has 0 saturated carbocycles. The van der Waals surface area contributed by atoms with Gasteiger partial charge in [0.25, 0.3) is 5.95 Å². The Kier molecular flexibility index (Phi) is 2.31. The molecular formula is C8H13N5O2. The second-order valence-electron chi connectivity index (χ2n) is 3.70. The third-order valence-corrected chi connectivity index (χ3v) is 2.70. The van der Waals surface area contributed by atoms with Crippen molar-refractivity contribution in [3.8, 4) is 0 Å². The van der Waals surface area contributed by atoms with Gasteiger partial charge >= 0.3 is 0 Å². The molecule has 1 aromatic heterocycles. The van der Waals surface area contributed by atoms with E-state index in [1.54, 1.807) is 11.8 Å². The summed E-state index contributed by atoms with van der Waals surface area (Å²) < 4.78 is 4.67. The van der Waals surface area contributed by atoms with E-state index < -0.39 is 11.4 Å². The van der Waals surface area contributed by atoms with Crippen LogP contribution in [0, 0.1) is 0 Å². The normalized spacial score (nSPS) is 26.6. The van der Waals surface area contributed by atoms with Gasteiger partial charge in [-0.3, -0.25) is 4.79 Å². The van der Waals surface area contributed by atoms with Crippen molar-refractivity contribution in [2.75, 3.05) is 24.5 Å². The lowest BCUT2D eigenvalue weighted by molar-refractivity contribution is -0.122. The second kappa shape index (κ2) is 3.50. The number of carbonyl (C=O) groups excluding carboxylic acids is 1. The Morgan fingerprint density at radius 3 is 3.20 bits per heavy atom. The van der Waals surface area contributed by atoms with Gasteiger partial charge in [-0.1, -0.05) is 0 Å². The van der Waals surface area contributed by atoms with Gasteiger partial charge in [0.05, 0.1) is 0 Å². The molecule has 7 heteroatoms. The van der Waals surface area contributed by atoms with Crippen molar-refractivity contribution in [1.82, 2.24) is 15.5 Å². The predicted molar refractivity (Wildman–Crippen MR) is 52.1 cm³/mol. The van der Waals surface area contributed by atoms with E-state index in [9.17, 15) is 4.79 Å². The van der Waals surface area contributed by atoms with E-state index in [0.717, 1.165) is 6.54 Å². The van der Waals surface area contributed by atoms with E-state index >= 15 is 0 Å². The van der Waals surface area contributed by atoms with Crippen LogP contribution < -0.4 is 16.0 Å². The lowest BCUT2D eigenvalue weighted by atomic mass is 9.97. The highest BCUT2D eigenvalue weighted by atomic mass is 16.5. The van der Waals surface area contributed by atoms with Crippen LogP contribution in [0.4, 0.5) is 5.95 Å². The lowest BCUT2D eigenvalue weighted by Crippen LogP contribution is -2.66. The fourth-order valence-electron chi connectivity index (χ4n) is 1.69. The molecule has 1 aliphatic rings. The van der Waals surface area contributed by atoms with Gasteiger partial charge in [-0.05, 0) is 12.1 Å². The minimum absolute atomic E-state index is 0.401. The van der Waals surface area contributed by atoms with Gasteiger partial charge in [-0.2, -0.15) is 4.98 Å². The zero-order valence-electron chi connectivity index (χ0n) is 8.43. The number of nitrogens with two attached hydrogens (primary N) is 1. The summed E-state index contributed by atoms with van der Waals surface area (Å²) in [6.45, 7) is 3.63. The molecule has 0 aliphatic carbocycles. The molecule has 1 atom stereocenters. The molecule has 3 N–H and O–H groups in total. The van der Waals surface area contributed by atoms with Crippen LogP contribution in [0.5, 0.6) is 0 Å². The van der Waals surface area contributed by atoms with Gasteiger partial charge in [0.1, 0.15) is 5.54 Å². The first-order valence-corrected chi connectivity index (χ1v) is 4.69. The Morgan fingerprint density at radius 1 is 1.80 bits per heavy atom. The number of amides is 1. The lowest BCUT2D eigenvalue weighted by Gasteiger charge is -2.41. The largest absolute Gasteiger partial charge is 0.368 e. The Morgan fingerprint density at radius 2 is 2.60 bits per heavy atom. The van der Waals surface area contributed by atoms with Gasteiger partial charge in [0.15, 0.2) is 0 Å². The molecule has 1 aromatic rings. The molecule has 1 unspecified atom stereocenters. The SMILES string of the molecule is CC1(C(N)=O)CNCCN1c1ncon1. The molecule has 0 aromatic carbocycles. The van der Waals surface area contributed by atoms with Crippen molar-refractivity contribution in [3.05, 3.63) is 6.39 Å². The van der Waals surface area contributed by atoms with E-state index in [0.29, 0.717) is 19.0 Å². The summed E-state index contributed by atoms with van der Waals surface area (Å²) in [5.41, 5.74) is 4.59. The van der Waals surface area contributed by atoms with Crippen LogP contribution in [-0.2, 0) is 4.79 Å². The number of anilines is 1. The van der Waals surface area contributed by atoms with Crippen molar-refractivity contribution in [1.29, 1.82) is 0 Å². The molecule has 15 heavy (non-hydrogen) atoms. The standard InChI is InChI=1S/C8H13N5O2/c1-8(6(9)14)4-10-2-3-13(8)7-11-5-15-12-7/h5,10H,2-4H2,1H3,(H2,9,14). The van der Waals surface area contributed by atoms with Crippen LogP contribution in [0.1, 0.15) is 6.92 Å². The predicted octanol–water partition coefficient (Wildman–Crippen LogP) is -1.28. The molecule has 2 heterocycles. The minimum Gasteiger partial charge on any atom is -0.368 e. The van der Waals surface area contributed by atoms with E-state index in [-0.39, 0.29) is 0 Å². The molecule has 0 bridgehead atoms. The highest BCUT2D eigenvalue weighted by Crippen LogP contribution is 2.21. The molecular weight excluding hydrogens is 198 g/mol. The molecule has 1 amide bonds. The molecule has 82 valence electrons. The molecule has 7 nitrogen and oxygen atoms in total. The molecule has 0 spiro atoms. The average Bonchev–Trinajstić information content (AvgIpc) is 2.71. The fraction of sp³-hybridized carbons (Fsp3) is 0.625. The Balaban J connectivity index is 2.31. The Bertz CT molecular complexity index is 352. The third-order valence-electron chi connectivity index (χ3n) is 2.70. The topological polar surface area (TPSA) is 97.3 Å². The second-order valence-corrected chi connectivity index (χ2v) is 3.70. The van der Waals surface area contributed by atoms with Crippen molar-refractivity contribution < 1.29 is 9.32 Å². The van der Waals surface area contributed by atoms with Crippen LogP contribution in [-0.4, -0.2) is 41.2 Å². The number of rotatable bonds is 2. The summed E-state index contributed by atoms with van der Waals surface area (Å²) in [4.78, 5) is 17.1.